The average molecular weight is 391 g/mol. The minimum Gasteiger partial charge on any atom is -0.340 e. The van der Waals surface area contributed by atoms with Gasteiger partial charge in [-0.15, -0.1) is 16.9 Å². The molecule has 0 spiro atoms. The molecule has 2 amide bonds. The molecule has 4 atom stereocenters. The summed E-state index contributed by atoms with van der Waals surface area (Å²) in [4.78, 5) is 26.8. The summed E-state index contributed by atoms with van der Waals surface area (Å²) in [7, 11) is 0. The minimum absolute atomic E-state index is 0.0867. The smallest absolute Gasteiger partial charge is 0.249 e. The molecule has 3 heterocycles. The molecule has 9 nitrogen and oxygen atoms in total. The van der Waals surface area contributed by atoms with Crippen LogP contribution in [0.1, 0.15) is 37.3 Å². The zero-order chi connectivity index (χ0) is 19.3. The first-order valence-electron chi connectivity index (χ1n) is 8.35. The summed E-state index contributed by atoms with van der Waals surface area (Å²) < 4.78 is 13.5. The van der Waals surface area contributed by atoms with Crippen molar-refractivity contribution >= 4 is 23.6 Å². The van der Waals surface area contributed by atoms with Crippen LogP contribution in [0.3, 0.4) is 0 Å². The van der Waals surface area contributed by atoms with E-state index in [1.54, 1.807) is 22.7 Å². The molecule has 3 unspecified atom stereocenters. The Morgan fingerprint density at radius 3 is 2.85 bits per heavy atom. The molecule has 0 bridgehead atoms. The maximum atomic E-state index is 13.9. The van der Waals surface area contributed by atoms with Crippen molar-refractivity contribution in [2.24, 2.45) is 5.73 Å². The lowest BCUT2D eigenvalue weighted by molar-refractivity contribution is -0.152. The molecule has 0 radical (unpaired) electrons. The van der Waals surface area contributed by atoms with Gasteiger partial charge in [0.05, 0.1) is 0 Å². The average Bonchev–Trinajstić information content (AvgIpc) is 3.23. The number of halogens is 1. The van der Waals surface area contributed by atoms with Gasteiger partial charge in [0.15, 0.2) is 5.82 Å². The molecule has 27 heavy (non-hydrogen) atoms. The second kappa shape index (κ2) is 6.27. The summed E-state index contributed by atoms with van der Waals surface area (Å²) in [6.45, 7) is 3.97. The number of fused-ring (bicyclic) bond motifs is 1. The van der Waals surface area contributed by atoms with Gasteiger partial charge >= 0.3 is 0 Å². The molecule has 0 saturated carbocycles. The number of thioether (sulfide) groups is 1. The van der Waals surface area contributed by atoms with Gasteiger partial charge in [0.1, 0.15) is 29.3 Å². The van der Waals surface area contributed by atoms with Crippen molar-refractivity contribution < 1.29 is 14.0 Å². The first-order valence-corrected chi connectivity index (χ1v) is 9.23. The number of nitrogens with one attached hydrogen (secondary N) is 2. The molecule has 142 valence electrons. The molecule has 2 aromatic rings. The molecule has 1 aromatic carbocycles. The van der Waals surface area contributed by atoms with E-state index >= 15 is 0 Å². The lowest BCUT2D eigenvalue weighted by Gasteiger charge is -2.44. The number of carbonyl (C=O) groups excluding carboxylic acids is 2. The lowest BCUT2D eigenvalue weighted by Crippen LogP contribution is -2.68. The molecule has 0 aliphatic carbocycles. The zero-order valence-corrected chi connectivity index (χ0v) is 15.4. The summed E-state index contributed by atoms with van der Waals surface area (Å²) in [5.74, 6) is -0.901. The first kappa shape index (κ1) is 17.9. The number of amides is 2. The fourth-order valence-electron chi connectivity index (χ4n) is 3.58. The third-order valence-electron chi connectivity index (χ3n) is 4.88. The number of hydrogen-bond acceptors (Lipinski definition) is 7. The van der Waals surface area contributed by atoms with Crippen LogP contribution in [0.15, 0.2) is 24.3 Å². The highest BCUT2D eigenvalue weighted by Crippen LogP contribution is 2.56. The number of rotatable bonds is 4. The fourth-order valence-corrected chi connectivity index (χ4v) is 5.22. The Hall–Kier alpha value is -2.53. The second-order valence-corrected chi connectivity index (χ2v) is 8.80. The first-order chi connectivity index (χ1) is 12.8. The van der Waals surface area contributed by atoms with Gasteiger partial charge in [0.2, 0.25) is 11.8 Å². The maximum Gasteiger partial charge on any atom is 0.249 e. The molecule has 4 rings (SSSR count). The predicted octanol–water partition coefficient (Wildman–Crippen LogP) is 0.258. The van der Waals surface area contributed by atoms with Gasteiger partial charge in [-0.25, -0.2) is 9.49 Å². The highest BCUT2D eigenvalue weighted by molar-refractivity contribution is 8.01. The highest BCUT2D eigenvalue weighted by Gasteiger charge is 2.63. The van der Waals surface area contributed by atoms with E-state index in [9.17, 15) is 14.0 Å². The Morgan fingerprint density at radius 1 is 1.44 bits per heavy atom. The quantitative estimate of drug-likeness (QED) is 0.637. The van der Waals surface area contributed by atoms with E-state index in [0.717, 1.165) is 0 Å². The van der Waals surface area contributed by atoms with Crippen LogP contribution in [0.25, 0.3) is 0 Å². The number of aromatic nitrogens is 4. The van der Waals surface area contributed by atoms with Gasteiger partial charge in [-0.05, 0) is 30.3 Å². The van der Waals surface area contributed by atoms with Crippen molar-refractivity contribution in [3.05, 3.63) is 41.5 Å². The van der Waals surface area contributed by atoms with Crippen LogP contribution in [0.4, 0.5) is 4.39 Å². The monoisotopic (exact) mass is 391 g/mol. The van der Waals surface area contributed by atoms with Gasteiger partial charge in [-0.3, -0.25) is 9.59 Å². The van der Waals surface area contributed by atoms with E-state index in [0.29, 0.717) is 5.82 Å². The predicted molar refractivity (Wildman–Crippen MR) is 94.5 cm³/mol. The lowest BCUT2D eigenvalue weighted by atomic mass is 9.95. The van der Waals surface area contributed by atoms with E-state index in [2.05, 4.69) is 25.9 Å². The topological polar surface area (TPSA) is 130 Å². The summed E-state index contributed by atoms with van der Waals surface area (Å²) in [5.41, 5.74) is 5.98. The number of carbonyl (C=O) groups is 2. The van der Waals surface area contributed by atoms with Gasteiger partial charge in [0, 0.05) is 10.3 Å². The Balaban J connectivity index is 1.50. The normalized spacial score (nSPS) is 27.0. The third-order valence-corrected chi connectivity index (χ3v) is 6.45. The Kier molecular flexibility index (Phi) is 4.15. The van der Waals surface area contributed by atoms with Gasteiger partial charge in [-0.2, -0.15) is 0 Å². The van der Waals surface area contributed by atoms with Crippen LogP contribution in [0, 0.1) is 5.82 Å². The Morgan fingerprint density at radius 2 is 2.19 bits per heavy atom. The number of tetrazole rings is 1. The van der Waals surface area contributed by atoms with Crippen LogP contribution < -0.4 is 11.1 Å². The molecule has 1 aromatic heterocycles. The molecule has 2 saturated heterocycles. The Bertz CT molecular complexity index is 891. The van der Waals surface area contributed by atoms with Crippen molar-refractivity contribution in [3.63, 3.8) is 0 Å². The fraction of sp³-hybridized carbons (Fsp3) is 0.438. The number of aromatic amines is 1. The highest BCUT2D eigenvalue weighted by atomic mass is 32.2. The summed E-state index contributed by atoms with van der Waals surface area (Å²) in [6.07, 6.45) is 0. The minimum atomic E-state index is -1.19. The van der Waals surface area contributed by atoms with E-state index in [1.807, 2.05) is 13.8 Å². The molecule has 11 heteroatoms. The largest absolute Gasteiger partial charge is 0.340 e. The number of nitrogens with zero attached hydrogens (tertiary/aromatic N) is 4. The number of hydrogen-bond donors (Lipinski definition) is 3. The van der Waals surface area contributed by atoms with Gasteiger partial charge < -0.3 is 16.0 Å². The van der Waals surface area contributed by atoms with Crippen LogP contribution >= 0.6 is 11.8 Å². The van der Waals surface area contributed by atoms with E-state index in [4.69, 9.17) is 5.73 Å². The van der Waals surface area contributed by atoms with Crippen molar-refractivity contribution in [1.82, 2.24) is 30.8 Å². The number of benzene rings is 1. The molecule has 2 aliphatic heterocycles. The number of H-pyrrole nitrogens is 1. The zero-order valence-electron chi connectivity index (χ0n) is 14.6. The maximum absolute atomic E-state index is 13.9. The summed E-state index contributed by atoms with van der Waals surface area (Å²) in [6, 6.07) is 3.57. The van der Waals surface area contributed by atoms with E-state index < -0.39 is 23.8 Å². The van der Waals surface area contributed by atoms with Crippen molar-refractivity contribution in [2.45, 2.75) is 42.1 Å². The third kappa shape index (κ3) is 2.77. The van der Waals surface area contributed by atoms with Gasteiger partial charge in [0.25, 0.3) is 0 Å². The second-order valence-electron chi connectivity index (χ2n) is 7.03. The van der Waals surface area contributed by atoms with Crippen LogP contribution in [0.5, 0.6) is 0 Å². The van der Waals surface area contributed by atoms with E-state index in [-0.39, 0.29) is 27.6 Å². The standard InChI is InChI=1S/C16H18FN7O2S/c1-16(2)11(12-20-22-23-21-12)24-14(26)10(15(24)27-16)19-13(25)9(18)7-5-3-4-6-8(7)17/h3-6,9-11,15H,18H2,1-2H3,(H,19,25)(H,20,21,22,23)/t9?,10?,11?,15-/m1/s1. The molecule has 4 N–H and O–H groups in total. The summed E-state index contributed by atoms with van der Waals surface area (Å²) in [5, 5.41) is 16.2. The van der Waals surface area contributed by atoms with Crippen LogP contribution in [-0.2, 0) is 9.59 Å². The summed E-state index contributed by atoms with van der Waals surface area (Å²) >= 11 is 1.55. The number of β-lactam (4-membered cyclic amide) rings is 1. The number of nitrogens with two attached hydrogens (primary N) is 1. The molecule has 2 aliphatic rings. The Labute approximate surface area is 158 Å². The van der Waals surface area contributed by atoms with Crippen LogP contribution in [-0.4, -0.2) is 53.5 Å². The van der Waals surface area contributed by atoms with Gasteiger partial charge in [-0.1, -0.05) is 18.2 Å². The van der Waals surface area contributed by atoms with Crippen molar-refractivity contribution in [2.75, 3.05) is 0 Å². The van der Waals surface area contributed by atoms with Crippen molar-refractivity contribution in [3.8, 4) is 0 Å². The van der Waals surface area contributed by atoms with E-state index in [1.165, 1.54) is 18.2 Å². The van der Waals surface area contributed by atoms with Crippen molar-refractivity contribution in [1.29, 1.82) is 0 Å². The SMILES string of the molecule is CC1(C)S[C@@H]2C(NC(=O)C(N)c3ccccc3F)C(=O)N2C1c1nnn[nH]1. The molecular formula is C16H18FN7O2S. The van der Waals surface area contributed by atoms with Crippen LogP contribution in [0.2, 0.25) is 0 Å². The molecular weight excluding hydrogens is 373 g/mol. The molecule has 2 fully saturated rings.